The monoisotopic (exact) mass is 384 g/mol. The lowest BCUT2D eigenvalue weighted by molar-refractivity contribution is 0.121. The van der Waals surface area contributed by atoms with Crippen molar-refractivity contribution in [3.63, 3.8) is 0 Å². The zero-order chi connectivity index (χ0) is 13.8. The van der Waals surface area contributed by atoms with Crippen LogP contribution in [-0.4, -0.2) is 20.6 Å². The lowest BCUT2D eigenvalue weighted by Gasteiger charge is -2.11. The fourth-order valence-electron chi connectivity index (χ4n) is 1.08. The molecule has 6 nitrogen and oxygen atoms in total. The molecule has 1 rings (SSSR count). The number of nitrogens with one attached hydrogen (secondary N) is 2. The van der Waals surface area contributed by atoms with Gasteiger partial charge in [0.1, 0.15) is 0 Å². The third-order valence-electron chi connectivity index (χ3n) is 1.64. The van der Waals surface area contributed by atoms with Crippen LogP contribution in [0.2, 0.25) is 0 Å². The molecule has 0 aliphatic carbocycles. The molecule has 0 unspecified atom stereocenters. The molecule has 2 N–H and O–H groups in total. The van der Waals surface area contributed by atoms with E-state index in [2.05, 4.69) is 32.0 Å². The standard InChI is InChI=1S/C10H13IN2O4S/c1-7(2)17-10(14)13-18(15,16)12-9-5-3-4-8(11)6-9/h3-7,12H,1-2H3,(H,13,14). The van der Waals surface area contributed by atoms with Gasteiger partial charge in [0.25, 0.3) is 0 Å². The Morgan fingerprint density at radius 2 is 2.06 bits per heavy atom. The Hall–Kier alpha value is -1.03. The number of amides is 1. The van der Waals surface area contributed by atoms with Gasteiger partial charge in [-0.1, -0.05) is 6.07 Å². The van der Waals surface area contributed by atoms with E-state index >= 15 is 0 Å². The molecule has 8 heteroatoms. The molecule has 0 radical (unpaired) electrons. The molecular formula is C10H13IN2O4S. The average molecular weight is 384 g/mol. The molecule has 0 saturated heterocycles. The molecule has 0 saturated carbocycles. The summed E-state index contributed by atoms with van der Waals surface area (Å²) < 4.78 is 32.7. The predicted molar refractivity (Wildman–Crippen MR) is 76.5 cm³/mol. The summed E-state index contributed by atoms with van der Waals surface area (Å²) in [6.07, 6.45) is -1.40. The Morgan fingerprint density at radius 3 is 2.61 bits per heavy atom. The Morgan fingerprint density at radius 1 is 1.39 bits per heavy atom. The number of carbonyl (C=O) groups is 1. The van der Waals surface area contributed by atoms with Crippen LogP contribution in [0.15, 0.2) is 24.3 Å². The highest BCUT2D eigenvalue weighted by Crippen LogP contribution is 2.13. The fraction of sp³-hybridized carbons (Fsp3) is 0.300. The maximum absolute atomic E-state index is 11.6. The van der Waals surface area contributed by atoms with Gasteiger partial charge in [-0.05, 0) is 54.6 Å². The van der Waals surface area contributed by atoms with Gasteiger partial charge in [0.2, 0.25) is 0 Å². The summed E-state index contributed by atoms with van der Waals surface area (Å²) >= 11 is 2.05. The van der Waals surface area contributed by atoms with E-state index in [1.54, 1.807) is 36.8 Å². The summed E-state index contributed by atoms with van der Waals surface area (Å²) in [5.74, 6) is 0. The van der Waals surface area contributed by atoms with Gasteiger partial charge in [-0.15, -0.1) is 0 Å². The molecule has 18 heavy (non-hydrogen) atoms. The Labute approximate surface area is 119 Å². The molecule has 0 aliphatic rings. The van der Waals surface area contributed by atoms with Crippen LogP contribution in [0.4, 0.5) is 10.5 Å². The van der Waals surface area contributed by atoms with Crippen LogP contribution < -0.4 is 9.44 Å². The highest BCUT2D eigenvalue weighted by atomic mass is 127. The van der Waals surface area contributed by atoms with E-state index in [1.807, 2.05) is 6.07 Å². The molecular weight excluding hydrogens is 371 g/mol. The smallest absolute Gasteiger partial charge is 0.422 e. The molecule has 0 fully saturated rings. The van der Waals surface area contributed by atoms with Crippen molar-refractivity contribution in [2.24, 2.45) is 0 Å². The van der Waals surface area contributed by atoms with Crippen molar-refractivity contribution in [3.05, 3.63) is 27.8 Å². The van der Waals surface area contributed by atoms with Gasteiger partial charge in [-0.3, -0.25) is 4.72 Å². The largest absolute Gasteiger partial charge is 0.446 e. The normalized spacial score (nSPS) is 11.1. The quantitative estimate of drug-likeness (QED) is 0.779. The van der Waals surface area contributed by atoms with E-state index in [-0.39, 0.29) is 0 Å². The van der Waals surface area contributed by atoms with E-state index in [1.165, 1.54) is 0 Å². The Bertz CT molecular complexity index is 530. The molecule has 100 valence electrons. The summed E-state index contributed by atoms with van der Waals surface area (Å²) in [4.78, 5) is 11.2. The molecule has 1 aromatic carbocycles. The average Bonchev–Trinajstić information content (AvgIpc) is 2.13. The number of anilines is 1. The van der Waals surface area contributed by atoms with Crippen LogP contribution in [0, 0.1) is 3.57 Å². The van der Waals surface area contributed by atoms with Crippen LogP contribution in [0.3, 0.4) is 0 Å². The van der Waals surface area contributed by atoms with E-state index in [0.717, 1.165) is 3.57 Å². The summed E-state index contributed by atoms with van der Waals surface area (Å²) in [5, 5.41) is 0. The number of benzene rings is 1. The molecule has 0 bridgehead atoms. The summed E-state index contributed by atoms with van der Waals surface area (Å²) in [7, 11) is -3.97. The van der Waals surface area contributed by atoms with Crippen LogP contribution in [0.5, 0.6) is 0 Å². The van der Waals surface area contributed by atoms with Crippen molar-refractivity contribution in [3.8, 4) is 0 Å². The number of carbonyl (C=O) groups excluding carboxylic acids is 1. The number of hydrogen-bond donors (Lipinski definition) is 2. The second-order valence-corrected chi connectivity index (χ2v) is 6.33. The second-order valence-electron chi connectivity index (χ2n) is 3.67. The topological polar surface area (TPSA) is 84.5 Å². The van der Waals surface area contributed by atoms with Crippen LogP contribution in [0.25, 0.3) is 0 Å². The lowest BCUT2D eigenvalue weighted by atomic mass is 10.3. The first kappa shape index (κ1) is 15.0. The van der Waals surface area contributed by atoms with E-state index < -0.39 is 22.4 Å². The lowest BCUT2D eigenvalue weighted by Crippen LogP contribution is -2.36. The fourth-order valence-corrected chi connectivity index (χ4v) is 2.38. The van der Waals surface area contributed by atoms with Crippen molar-refractivity contribution >= 4 is 44.6 Å². The maximum Gasteiger partial charge on any atom is 0.422 e. The summed E-state index contributed by atoms with van der Waals surface area (Å²) in [6.45, 7) is 3.25. The van der Waals surface area contributed by atoms with Gasteiger partial charge in [0.05, 0.1) is 11.8 Å². The molecule has 0 heterocycles. The Kier molecular flexibility index (Phi) is 5.20. The van der Waals surface area contributed by atoms with Crippen molar-refractivity contribution < 1.29 is 17.9 Å². The SMILES string of the molecule is CC(C)OC(=O)NS(=O)(=O)Nc1cccc(I)c1. The first-order valence-corrected chi connectivity index (χ1v) is 7.61. The van der Waals surface area contributed by atoms with Crippen molar-refractivity contribution in [1.82, 2.24) is 4.72 Å². The van der Waals surface area contributed by atoms with Gasteiger partial charge in [0.15, 0.2) is 0 Å². The molecule has 0 spiro atoms. The highest BCUT2D eigenvalue weighted by Gasteiger charge is 2.16. The minimum Gasteiger partial charge on any atom is -0.446 e. The first-order chi connectivity index (χ1) is 8.28. The van der Waals surface area contributed by atoms with Crippen molar-refractivity contribution in [2.75, 3.05) is 4.72 Å². The minimum atomic E-state index is -3.97. The maximum atomic E-state index is 11.6. The summed E-state index contributed by atoms with van der Waals surface area (Å²) in [6, 6.07) is 6.73. The third kappa shape index (κ3) is 5.54. The van der Waals surface area contributed by atoms with Crippen molar-refractivity contribution in [1.29, 1.82) is 0 Å². The van der Waals surface area contributed by atoms with Crippen LogP contribution in [0.1, 0.15) is 13.8 Å². The highest BCUT2D eigenvalue weighted by molar-refractivity contribution is 14.1. The number of rotatable bonds is 4. The van der Waals surface area contributed by atoms with Gasteiger partial charge in [0, 0.05) is 3.57 Å². The number of halogens is 1. The van der Waals surface area contributed by atoms with E-state index in [0.29, 0.717) is 5.69 Å². The van der Waals surface area contributed by atoms with Crippen LogP contribution >= 0.6 is 22.6 Å². The van der Waals surface area contributed by atoms with Crippen molar-refractivity contribution in [2.45, 2.75) is 20.0 Å². The van der Waals surface area contributed by atoms with Gasteiger partial charge < -0.3 is 4.74 Å². The minimum absolute atomic E-state index is 0.367. The molecule has 1 amide bonds. The second kappa shape index (κ2) is 6.23. The molecule has 0 aromatic heterocycles. The van der Waals surface area contributed by atoms with Gasteiger partial charge >= 0.3 is 16.3 Å². The predicted octanol–water partition coefficient (Wildman–Crippen LogP) is 2.08. The molecule has 0 atom stereocenters. The molecule has 0 aliphatic heterocycles. The zero-order valence-corrected chi connectivity index (χ0v) is 12.8. The Balaban J connectivity index is 2.68. The number of ether oxygens (including phenoxy) is 1. The summed E-state index contributed by atoms with van der Waals surface area (Å²) in [5.41, 5.74) is 0.367. The number of hydrogen-bond acceptors (Lipinski definition) is 4. The van der Waals surface area contributed by atoms with E-state index in [9.17, 15) is 13.2 Å². The van der Waals surface area contributed by atoms with Gasteiger partial charge in [-0.2, -0.15) is 8.42 Å². The third-order valence-corrected chi connectivity index (χ3v) is 3.25. The zero-order valence-electron chi connectivity index (χ0n) is 9.81. The van der Waals surface area contributed by atoms with Gasteiger partial charge in [-0.25, -0.2) is 9.52 Å². The first-order valence-electron chi connectivity index (χ1n) is 5.05. The van der Waals surface area contributed by atoms with Crippen LogP contribution in [-0.2, 0) is 14.9 Å². The molecule has 1 aromatic rings. The van der Waals surface area contributed by atoms with E-state index in [4.69, 9.17) is 0 Å².